The van der Waals surface area contributed by atoms with Crippen LogP contribution in [0.5, 0.6) is 0 Å². The first-order valence-corrected chi connectivity index (χ1v) is 7.34. The third kappa shape index (κ3) is 4.54. The van der Waals surface area contributed by atoms with E-state index in [0.717, 1.165) is 6.07 Å². The van der Waals surface area contributed by atoms with E-state index in [1.165, 1.54) is 12.1 Å². The van der Waals surface area contributed by atoms with Crippen molar-refractivity contribution in [3.63, 3.8) is 0 Å². The first-order valence-electron chi connectivity index (χ1n) is 7.34. The summed E-state index contributed by atoms with van der Waals surface area (Å²) >= 11 is 0. The summed E-state index contributed by atoms with van der Waals surface area (Å²) in [7, 11) is 0. The van der Waals surface area contributed by atoms with Crippen LogP contribution in [-0.4, -0.2) is 35.7 Å². The van der Waals surface area contributed by atoms with Gasteiger partial charge in [-0.3, -0.25) is 10.1 Å². The Bertz CT molecular complexity index is 615. The molecule has 1 aromatic carbocycles. The molecule has 1 aromatic rings. The maximum absolute atomic E-state index is 13.2. The number of nitro benzene ring substituents is 1. The first kappa shape index (κ1) is 17.0. The van der Waals surface area contributed by atoms with Crippen molar-refractivity contribution in [3.05, 3.63) is 34.1 Å². The predicted molar refractivity (Wildman–Crippen MR) is 83.0 cm³/mol. The molecule has 0 unspecified atom stereocenters. The molecule has 0 aromatic heterocycles. The van der Waals surface area contributed by atoms with Crippen LogP contribution in [-0.2, 0) is 4.74 Å². The number of anilines is 1. The summed E-state index contributed by atoms with van der Waals surface area (Å²) in [6, 6.07) is 3.32. The summed E-state index contributed by atoms with van der Waals surface area (Å²) in [5, 5.41) is 13.8. The van der Waals surface area contributed by atoms with Crippen molar-refractivity contribution in [1.82, 2.24) is 5.32 Å². The van der Waals surface area contributed by atoms with Crippen LogP contribution in [0.3, 0.4) is 0 Å². The Labute approximate surface area is 133 Å². The van der Waals surface area contributed by atoms with E-state index in [9.17, 15) is 19.3 Å². The van der Waals surface area contributed by atoms with Gasteiger partial charge in [0.2, 0.25) is 0 Å². The van der Waals surface area contributed by atoms with Crippen LogP contribution in [0, 0.1) is 15.9 Å². The molecule has 8 heteroatoms. The minimum Gasteiger partial charge on any atom is -0.444 e. The number of nitrogens with one attached hydrogen (secondary N) is 1. The van der Waals surface area contributed by atoms with Crippen molar-refractivity contribution in [3.8, 4) is 0 Å². The number of hydrogen-bond acceptors (Lipinski definition) is 5. The smallest absolute Gasteiger partial charge is 0.407 e. The van der Waals surface area contributed by atoms with Crippen LogP contribution in [0.4, 0.5) is 20.6 Å². The van der Waals surface area contributed by atoms with Gasteiger partial charge in [0.05, 0.1) is 17.0 Å². The van der Waals surface area contributed by atoms with Gasteiger partial charge in [-0.1, -0.05) is 0 Å². The van der Waals surface area contributed by atoms with Crippen LogP contribution in [0.25, 0.3) is 0 Å². The summed E-state index contributed by atoms with van der Waals surface area (Å²) in [4.78, 5) is 24.0. The molecule has 126 valence electrons. The van der Waals surface area contributed by atoms with Gasteiger partial charge in [-0.15, -0.1) is 0 Å². The number of carbonyl (C=O) groups excluding carboxylic acids is 1. The van der Waals surface area contributed by atoms with Crippen LogP contribution in [0.15, 0.2) is 18.2 Å². The fraction of sp³-hybridized carbons (Fsp3) is 0.533. The maximum atomic E-state index is 13.2. The average Bonchev–Trinajstić information content (AvgIpc) is 2.84. The second-order valence-corrected chi connectivity index (χ2v) is 6.47. The van der Waals surface area contributed by atoms with Gasteiger partial charge in [-0.25, -0.2) is 9.18 Å². The number of benzene rings is 1. The molecule has 23 heavy (non-hydrogen) atoms. The molecule has 1 saturated heterocycles. The van der Waals surface area contributed by atoms with Gasteiger partial charge in [0.25, 0.3) is 5.69 Å². The Morgan fingerprint density at radius 1 is 1.48 bits per heavy atom. The van der Waals surface area contributed by atoms with Gasteiger partial charge in [-0.05, 0) is 39.3 Å². The minimum absolute atomic E-state index is 0.172. The van der Waals surface area contributed by atoms with E-state index >= 15 is 0 Å². The zero-order chi connectivity index (χ0) is 17.2. The van der Waals surface area contributed by atoms with Gasteiger partial charge in [0.1, 0.15) is 17.1 Å². The normalized spacial score (nSPS) is 17.9. The molecule has 0 saturated carbocycles. The Morgan fingerprint density at radius 2 is 2.17 bits per heavy atom. The van der Waals surface area contributed by atoms with E-state index in [2.05, 4.69) is 5.32 Å². The summed E-state index contributed by atoms with van der Waals surface area (Å²) < 4.78 is 18.4. The van der Waals surface area contributed by atoms with E-state index in [0.29, 0.717) is 25.2 Å². The number of carbonyl (C=O) groups is 1. The van der Waals surface area contributed by atoms with Gasteiger partial charge in [-0.2, -0.15) is 0 Å². The second kappa shape index (κ2) is 6.39. The van der Waals surface area contributed by atoms with E-state index < -0.39 is 22.4 Å². The molecule has 7 nitrogen and oxygen atoms in total. The lowest BCUT2D eigenvalue weighted by Crippen LogP contribution is -2.40. The van der Waals surface area contributed by atoms with Crippen molar-refractivity contribution >= 4 is 17.5 Å². The summed E-state index contributed by atoms with van der Waals surface area (Å²) in [5.74, 6) is -0.650. The van der Waals surface area contributed by atoms with Crippen LogP contribution in [0.2, 0.25) is 0 Å². The molecule has 1 fully saturated rings. The van der Waals surface area contributed by atoms with Crippen LogP contribution >= 0.6 is 0 Å². The largest absolute Gasteiger partial charge is 0.444 e. The van der Waals surface area contributed by atoms with Crippen molar-refractivity contribution in [2.24, 2.45) is 0 Å². The van der Waals surface area contributed by atoms with Crippen molar-refractivity contribution in [2.45, 2.75) is 38.8 Å². The quantitative estimate of drug-likeness (QED) is 0.682. The first-order chi connectivity index (χ1) is 10.7. The Hall–Kier alpha value is -2.38. The molecule has 1 aliphatic heterocycles. The highest BCUT2D eigenvalue weighted by atomic mass is 19.1. The SMILES string of the molecule is CC(C)(C)OC(=O)N[C@@H]1CCN(c2ccc(F)cc2[N+](=O)[O-])C1. The summed E-state index contributed by atoms with van der Waals surface area (Å²) in [6.45, 7) is 6.26. The van der Waals surface area contributed by atoms with E-state index in [1.54, 1.807) is 25.7 Å². The van der Waals surface area contributed by atoms with Gasteiger partial charge >= 0.3 is 6.09 Å². The third-order valence-corrected chi connectivity index (χ3v) is 3.38. The van der Waals surface area contributed by atoms with E-state index in [4.69, 9.17) is 4.74 Å². The number of ether oxygens (including phenoxy) is 1. The summed E-state index contributed by atoms with van der Waals surface area (Å²) in [5.41, 5.74) is -0.509. The highest BCUT2D eigenvalue weighted by Crippen LogP contribution is 2.31. The molecule has 1 amide bonds. The van der Waals surface area contributed by atoms with E-state index in [-0.39, 0.29) is 11.7 Å². The number of hydrogen-bond donors (Lipinski definition) is 1. The minimum atomic E-state index is -0.650. The number of alkyl carbamates (subject to hydrolysis) is 1. The number of amides is 1. The molecule has 0 spiro atoms. The van der Waals surface area contributed by atoms with Crippen molar-refractivity contribution < 1.29 is 18.8 Å². The molecule has 0 bridgehead atoms. The lowest BCUT2D eigenvalue weighted by molar-refractivity contribution is -0.384. The van der Waals surface area contributed by atoms with Gasteiger partial charge in [0, 0.05) is 13.1 Å². The highest BCUT2D eigenvalue weighted by molar-refractivity contribution is 5.69. The highest BCUT2D eigenvalue weighted by Gasteiger charge is 2.29. The molecule has 0 radical (unpaired) electrons. The number of nitro groups is 1. The average molecular weight is 325 g/mol. The standard InChI is InChI=1S/C15H20FN3O4/c1-15(2,3)23-14(20)17-11-6-7-18(9-11)12-5-4-10(16)8-13(12)19(21)22/h4-5,8,11H,6-7,9H2,1-3H3,(H,17,20)/t11-/m1/s1. The lowest BCUT2D eigenvalue weighted by Gasteiger charge is -2.22. The van der Waals surface area contributed by atoms with Crippen LogP contribution < -0.4 is 10.2 Å². The Kier molecular flexibility index (Phi) is 4.72. The van der Waals surface area contributed by atoms with Gasteiger partial charge < -0.3 is 15.0 Å². The van der Waals surface area contributed by atoms with Crippen LogP contribution in [0.1, 0.15) is 27.2 Å². The maximum Gasteiger partial charge on any atom is 0.407 e. The fourth-order valence-corrected chi connectivity index (χ4v) is 2.48. The van der Waals surface area contributed by atoms with Gasteiger partial charge in [0.15, 0.2) is 0 Å². The molecule has 2 rings (SSSR count). The Morgan fingerprint density at radius 3 is 2.78 bits per heavy atom. The van der Waals surface area contributed by atoms with Crippen molar-refractivity contribution in [2.75, 3.05) is 18.0 Å². The molecule has 1 heterocycles. The monoisotopic (exact) mass is 325 g/mol. The fourth-order valence-electron chi connectivity index (χ4n) is 2.48. The zero-order valence-corrected chi connectivity index (χ0v) is 13.3. The number of halogens is 1. The summed E-state index contributed by atoms with van der Waals surface area (Å²) in [6.07, 6.45) is 0.117. The number of rotatable bonds is 3. The lowest BCUT2D eigenvalue weighted by atomic mass is 10.2. The molecule has 1 atom stereocenters. The second-order valence-electron chi connectivity index (χ2n) is 6.47. The van der Waals surface area contributed by atoms with E-state index in [1.807, 2.05) is 0 Å². The Balaban J connectivity index is 2.03. The third-order valence-electron chi connectivity index (χ3n) is 3.38. The molecule has 0 aliphatic carbocycles. The molecular formula is C15H20FN3O4. The molecular weight excluding hydrogens is 305 g/mol. The van der Waals surface area contributed by atoms with Crippen molar-refractivity contribution in [1.29, 1.82) is 0 Å². The predicted octanol–water partition coefficient (Wildman–Crippen LogP) is 2.84. The number of nitrogens with zero attached hydrogens (tertiary/aromatic N) is 2. The molecule has 1 N–H and O–H groups in total. The topological polar surface area (TPSA) is 84.7 Å². The molecule has 1 aliphatic rings. The zero-order valence-electron chi connectivity index (χ0n) is 13.3.